The van der Waals surface area contributed by atoms with E-state index in [0.717, 1.165) is 25.1 Å². The van der Waals surface area contributed by atoms with E-state index in [1.54, 1.807) is 0 Å². The largest absolute Gasteiger partial charge is 0.464 e. The summed E-state index contributed by atoms with van der Waals surface area (Å²) in [5.74, 6) is 0.325. The minimum absolute atomic E-state index is 0.381. The molecule has 0 radical (unpaired) electrons. The van der Waals surface area contributed by atoms with Crippen LogP contribution in [0.15, 0.2) is 0 Å². The summed E-state index contributed by atoms with van der Waals surface area (Å²) in [6, 6.07) is 0. The van der Waals surface area contributed by atoms with Gasteiger partial charge in [-0.25, -0.2) is 9.48 Å². The lowest BCUT2D eigenvalue weighted by Crippen LogP contribution is -2.20. The van der Waals surface area contributed by atoms with Crippen molar-refractivity contribution in [3.05, 3.63) is 11.4 Å². The molecule has 2 rings (SSSR count). The number of esters is 1. The molecular weight excluding hydrogens is 218 g/mol. The zero-order valence-corrected chi connectivity index (χ0v) is 10.5. The summed E-state index contributed by atoms with van der Waals surface area (Å²) in [7, 11) is 1.38. The molecule has 1 saturated carbocycles. The lowest BCUT2D eigenvalue weighted by Gasteiger charge is -2.25. The molecule has 0 aliphatic heterocycles. The lowest BCUT2D eigenvalue weighted by atomic mass is 9.85. The fourth-order valence-corrected chi connectivity index (χ4v) is 2.14. The Kier molecular flexibility index (Phi) is 3.76. The van der Waals surface area contributed by atoms with Gasteiger partial charge in [0, 0.05) is 6.54 Å². The van der Waals surface area contributed by atoms with E-state index in [4.69, 9.17) is 4.74 Å². The van der Waals surface area contributed by atoms with Crippen LogP contribution in [0.4, 0.5) is 0 Å². The molecule has 0 amide bonds. The molecular formula is C12H19N3O2. The molecule has 0 atom stereocenters. The number of hydrogen-bond acceptors (Lipinski definition) is 4. The molecule has 0 unspecified atom stereocenters. The van der Waals surface area contributed by atoms with Crippen LogP contribution in [0.25, 0.3) is 0 Å². The summed E-state index contributed by atoms with van der Waals surface area (Å²) in [4.78, 5) is 11.6. The third kappa shape index (κ3) is 2.48. The fourth-order valence-electron chi connectivity index (χ4n) is 2.14. The molecule has 17 heavy (non-hydrogen) atoms. The van der Waals surface area contributed by atoms with Crippen molar-refractivity contribution >= 4 is 5.97 Å². The van der Waals surface area contributed by atoms with Crippen LogP contribution in [-0.2, 0) is 17.7 Å². The Labute approximate surface area is 101 Å². The van der Waals surface area contributed by atoms with Crippen molar-refractivity contribution in [3.8, 4) is 0 Å². The van der Waals surface area contributed by atoms with Crippen LogP contribution in [0.1, 0.15) is 48.8 Å². The number of hydrogen-bond donors (Lipinski definition) is 0. The van der Waals surface area contributed by atoms with Crippen molar-refractivity contribution in [1.29, 1.82) is 0 Å². The van der Waals surface area contributed by atoms with Gasteiger partial charge >= 0.3 is 5.97 Å². The van der Waals surface area contributed by atoms with E-state index in [0.29, 0.717) is 11.6 Å². The number of carbonyl (C=O) groups excluding carboxylic acids is 1. The molecule has 0 spiro atoms. The van der Waals surface area contributed by atoms with Crippen molar-refractivity contribution in [2.24, 2.45) is 5.92 Å². The number of rotatable bonds is 5. The Balaban J connectivity index is 2.18. The van der Waals surface area contributed by atoms with Gasteiger partial charge in [0.05, 0.1) is 12.8 Å². The van der Waals surface area contributed by atoms with Gasteiger partial charge in [-0.05, 0) is 25.2 Å². The Bertz CT molecular complexity index is 396. The molecule has 1 aromatic heterocycles. The molecule has 0 saturated heterocycles. The number of ether oxygens (including phenoxy) is 1. The minimum atomic E-state index is -0.381. The van der Waals surface area contributed by atoms with Crippen LogP contribution in [0.5, 0.6) is 0 Å². The molecule has 1 fully saturated rings. The van der Waals surface area contributed by atoms with E-state index < -0.39 is 0 Å². The van der Waals surface area contributed by atoms with Crippen LogP contribution in [-0.4, -0.2) is 28.1 Å². The van der Waals surface area contributed by atoms with Crippen LogP contribution in [0.2, 0.25) is 0 Å². The fraction of sp³-hybridized carbons (Fsp3) is 0.750. The van der Waals surface area contributed by atoms with Crippen molar-refractivity contribution < 1.29 is 9.53 Å². The highest BCUT2D eigenvalue weighted by atomic mass is 16.5. The summed E-state index contributed by atoms with van der Waals surface area (Å²) in [6.45, 7) is 2.97. The van der Waals surface area contributed by atoms with Gasteiger partial charge in [0.2, 0.25) is 0 Å². The molecule has 5 heteroatoms. The second kappa shape index (κ2) is 5.29. The van der Waals surface area contributed by atoms with E-state index in [-0.39, 0.29) is 5.97 Å². The molecule has 0 N–H and O–H groups in total. The van der Waals surface area contributed by atoms with E-state index in [9.17, 15) is 4.79 Å². The zero-order chi connectivity index (χ0) is 12.3. The Morgan fingerprint density at radius 1 is 1.53 bits per heavy atom. The van der Waals surface area contributed by atoms with Crippen LogP contribution >= 0.6 is 0 Å². The highest BCUT2D eigenvalue weighted by Gasteiger charge is 2.23. The van der Waals surface area contributed by atoms with Gasteiger partial charge in [-0.1, -0.05) is 25.0 Å². The average molecular weight is 237 g/mol. The van der Waals surface area contributed by atoms with Gasteiger partial charge in [0.25, 0.3) is 0 Å². The second-order valence-electron chi connectivity index (χ2n) is 4.61. The number of nitrogens with zero attached hydrogens (tertiary/aromatic N) is 3. The first-order valence-electron chi connectivity index (χ1n) is 6.27. The van der Waals surface area contributed by atoms with E-state index in [1.165, 1.54) is 26.4 Å². The molecule has 0 aromatic carbocycles. The smallest absolute Gasteiger partial charge is 0.360 e. The van der Waals surface area contributed by atoms with Crippen LogP contribution in [0.3, 0.4) is 0 Å². The predicted molar refractivity (Wildman–Crippen MR) is 62.7 cm³/mol. The van der Waals surface area contributed by atoms with Crippen molar-refractivity contribution in [2.75, 3.05) is 7.11 Å². The van der Waals surface area contributed by atoms with E-state index in [1.807, 2.05) is 4.68 Å². The van der Waals surface area contributed by atoms with Gasteiger partial charge in [0.1, 0.15) is 0 Å². The molecule has 94 valence electrons. The molecule has 1 aliphatic rings. The highest BCUT2D eigenvalue weighted by molar-refractivity contribution is 5.88. The van der Waals surface area contributed by atoms with Crippen LogP contribution in [0, 0.1) is 5.92 Å². The Hall–Kier alpha value is -1.39. The first-order valence-corrected chi connectivity index (χ1v) is 6.27. The van der Waals surface area contributed by atoms with Gasteiger partial charge in [-0.15, -0.1) is 5.10 Å². The normalized spacial score (nSPS) is 15.6. The monoisotopic (exact) mass is 237 g/mol. The molecule has 1 heterocycles. The Morgan fingerprint density at radius 3 is 2.82 bits per heavy atom. The van der Waals surface area contributed by atoms with Gasteiger partial charge in [-0.3, -0.25) is 0 Å². The third-order valence-corrected chi connectivity index (χ3v) is 3.36. The molecule has 1 aromatic rings. The maximum absolute atomic E-state index is 11.6. The van der Waals surface area contributed by atoms with Gasteiger partial charge in [-0.2, -0.15) is 0 Å². The molecule has 1 aliphatic carbocycles. The van der Waals surface area contributed by atoms with E-state index in [2.05, 4.69) is 17.2 Å². The third-order valence-electron chi connectivity index (χ3n) is 3.36. The Morgan fingerprint density at radius 2 is 2.29 bits per heavy atom. The standard InChI is InChI=1S/C12H19N3O2/c1-3-5-10-11(12(16)17-2)13-14-15(10)8-9-6-4-7-9/h9H,3-8H2,1-2H3. The van der Waals surface area contributed by atoms with Crippen LogP contribution < -0.4 is 0 Å². The second-order valence-corrected chi connectivity index (χ2v) is 4.61. The number of methoxy groups -OCH3 is 1. The first-order chi connectivity index (χ1) is 8.26. The van der Waals surface area contributed by atoms with Gasteiger partial charge < -0.3 is 4.74 Å². The summed E-state index contributed by atoms with van der Waals surface area (Å²) in [6.07, 6.45) is 5.64. The minimum Gasteiger partial charge on any atom is -0.464 e. The first kappa shape index (κ1) is 12.1. The average Bonchev–Trinajstić information content (AvgIpc) is 2.66. The molecule has 0 bridgehead atoms. The topological polar surface area (TPSA) is 57.0 Å². The molecule has 5 nitrogen and oxygen atoms in total. The highest BCUT2D eigenvalue weighted by Crippen LogP contribution is 2.28. The summed E-state index contributed by atoms with van der Waals surface area (Å²) >= 11 is 0. The van der Waals surface area contributed by atoms with E-state index >= 15 is 0 Å². The number of aromatic nitrogens is 3. The van der Waals surface area contributed by atoms with Crippen molar-refractivity contribution in [2.45, 2.75) is 45.6 Å². The summed E-state index contributed by atoms with van der Waals surface area (Å²) in [5, 5.41) is 8.05. The summed E-state index contributed by atoms with van der Waals surface area (Å²) in [5.41, 5.74) is 1.31. The van der Waals surface area contributed by atoms with Crippen molar-refractivity contribution in [3.63, 3.8) is 0 Å². The maximum Gasteiger partial charge on any atom is 0.360 e. The lowest BCUT2D eigenvalue weighted by molar-refractivity contribution is 0.0592. The number of carbonyl (C=O) groups is 1. The summed E-state index contributed by atoms with van der Waals surface area (Å²) < 4.78 is 6.62. The maximum atomic E-state index is 11.6. The van der Waals surface area contributed by atoms with Gasteiger partial charge in [0.15, 0.2) is 5.69 Å². The SMILES string of the molecule is CCCc1c(C(=O)OC)nnn1CC1CCC1. The predicted octanol–water partition coefficient (Wildman–Crippen LogP) is 1.82. The quantitative estimate of drug-likeness (QED) is 0.733. The zero-order valence-electron chi connectivity index (χ0n) is 10.5. The van der Waals surface area contributed by atoms with Crippen molar-refractivity contribution in [1.82, 2.24) is 15.0 Å².